The number of ether oxygens (including phenoxy) is 3. The Balaban J connectivity index is 2.19. The van der Waals surface area contributed by atoms with Crippen LogP contribution in [0.4, 0.5) is 4.79 Å². The van der Waals surface area contributed by atoms with Gasteiger partial charge in [0.25, 0.3) is 5.91 Å². The molecule has 0 saturated carbocycles. The van der Waals surface area contributed by atoms with Gasteiger partial charge >= 0.3 is 6.03 Å². The molecule has 0 aliphatic carbocycles. The molecule has 1 saturated heterocycles. The van der Waals surface area contributed by atoms with Crippen molar-refractivity contribution in [3.05, 3.63) is 23.8 Å². The zero-order valence-corrected chi connectivity index (χ0v) is 15.3. The Hall–Kier alpha value is -2.81. The molecule has 0 spiro atoms. The van der Waals surface area contributed by atoms with E-state index in [1.54, 1.807) is 25.1 Å². The van der Waals surface area contributed by atoms with Crippen LogP contribution in [0.15, 0.2) is 18.2 Å². The fourth-order valence-electron chi connectivity index (χ4n) is 2.68. The molecule has 1 aromatic carbocycles. The number of urea groups is 1. The van der Waals surface area contributed by atoms with Crippen molar-refractivity contribution in [2.45, 2.75) is 12.5 Å². The number of benzene rings is 1. The number of imide groups is 1. The zero-order valence-electron chi connectivity index (χ0n) is 15.3. The summed E-state index contributed by atoms with van der Waals surface area (Å²) in [6.45, 7) is 1.86. The smallest absolute Gasteiger partial charge is 0.325 e. The maximum Gasteiger partial charge on any atom is 0.325 e. The van der Waals surface area contributed by atoms with E-state index in [9.17, 15) is 14.4 Å². The number of carbonyl (C=O) groups is 3. The van der Waals surface area contributed by atoms with Crippen LogP contribution in [0, 0.1) is 0 Å². The number of nitrogens with one attached hydrogen (secondary N) is 2. The lowest BCUT2D eigenvalue weighted by Crippen LogP contribution is -2.43. The number of amides is 4. The van der Waals surface area contributed by atoms with E-state index in [-0.39, 0.29) is 6.54 Å². The lowest BCUT2D eigenvalue weighted by Gasteiger charge is -2.23. The summed E-state index contributed by atoms with van der Waals surface area (Å²) in [7, 11) is 4.50. The predicted molar refractivity (Wildman–Crippen MR) is 92.0 cm³/mol. The third-order valence-electron chi connectivity index (χ3n) is 4.17. The second-order valence-electron chi connectivity index (χ2n) is 5.86. The first-order valence-corrected chi connectivity index (χ1v) is 7.99. The molecule has 1 atom stereocenters. The van der Waals surface area contributed by atoms with Crippen molar-refractivity contribution >= 4 is 17.8 Å². The molecule has 26 heavy (non-hydrogen) atoms. The Morgan fingerprint density at radius 2 is 1.88 bits per heavy atom. The van der Waals surface area contributed by atoms with E-state index < -0.39 is 23.4 Å². The summed E-state index contributed by atoms with van der Waals surface area (Å²) >= 11 is 0. The highest BCUT2D eigenvalue weighted by atomic mass is 16.5. The SMILES string of the molecule is COCCNC(=O)CN1C(=O)NC(C)(c2ccc(OC)c(OC)c2)C1=O. The molecule has 1 aromatic rings. The van der Waals surface area contributed by atoms with Crippen LogP contribution in [-0.2, 0) is 19.9 Å². The number of rotatable bonds is 8. The van der Waals surface area contributed by atoms with Gasteiger partial charge in [-0.1, -0.05) is 6.07 Å². The van der Waals surface area contributed by atoms with Gasteiger partial charge in [0.2, 0.25) is 5.91 Å². The van der Waals surface area contributed by atoms with Crippen LogP contribution in [0.1, 0.15) is 12.5 Å². The first-order valence-electron chi connectivity index (χ1n) is 7.99. The third-order valence-corrected chi connectivity index (χ3v) is 4.17. The number of carbonyl (C=O) groups excluding carboxylic acids is 3. The van der Waals surface area contributed by atoms with Crippen molar-refractivity contribution < 1.29 is 28.6 Å². The highest BCUT2D eigenvalue weighted by molar-refractivity contribution is 6.09. The van der Waals surface area contributed by atoms with E-state index in [0.717, 1.165) is 4.90 Å². The van der Waals surface area contributed by atoms with Gasteiger partial charge in [0.15, 0.2) is 11.5 Å². The van der Waals surface area contributed by atoms with Gasteiger partial charge < -0.3 is 24.8 Å². The maximum atomic E-state index is 12.8. The van der Waals surface area contributed by atoms with Crippen LogP contribution >= 0.6 is 0 Å². The molecule has 0 radical (unpaired) electrons. The summed E-state index contributed by atoms with van der Waals surface area (Å²) < 4.78 is 15.3. The fraction of sp³-hybridized carbons (Fsp3) is 0.471. The first kappa shape index (κ1) is 19.5. The molecule has 1 heterocycles. The van der Waals surface area contributed by atoms with Crippen LogP contribution in [0.5, 0.6) is 11.5 Å². The van der Waals surface area contributed by atoms with Crippen molar-refractivity contribution in [2.24, 2.45) is 0 Å². The highest BCUT2D eigenvalue weighted by Gasteiger charge is 2.49. The fourth-order valence-corrected chi connectivity index (χ4v) is 2.68. The minimum atomic E-state index is -1.30. The highest BCUT2D eigenvalue weighted by Crippen LogP contribution is 2.35. The Morgan fingerprint density at radius 1 is 1.19 bits per heavy atom. The van der Waals surface area contributed by atoms with Gasteiger partial charge in [0, 0.05) is 13.7 Å². The minimum Gasteiger partial charge on any atom is -0.493 e. The summed E-state index contributed by atoms with van der Waals surface area (Å²) in [5.74, 6) is -0.0197. The summed E-state index contributed by atoms with van der Waals surface area (Å²) in [5.41, 5.74) is -0.778. The standard InChI is InChI=1S/C17H23N3O6/c1-17(11-5-6-12(25-3)13(9-11)26-4)15(22)20(16(23)19-17)10-14(21)18-7-8-24-2/h5-6,9H,7-8,10H2,1-4H3,(H,18,21)(H,19,23). The molecule has 1 aliphatic rings. The molecular weight excluding hydrogens is 342 g/mol. The van der Waals surface area contributed by atoms with Gasteiger partial charge in [-0.05, 0) is 24.6 Å². The summed E-state index contributed by atoms with van der Waals surface area (Å²) in [5, 5.41) is 5.22. The lowest BCUT2D eigenvalue weighted by atomic mass is 9.91. The Bertz CT molecular complexity index is 708. The molecule has 1 fully saturated rings. The Labute approximate surface area is 151 Å². The normalized spacial score (nSPS) is 19.3. The van der Waals surface area contributed by atoms with Gasteiger partial charge in [-0.2, -0.15) is 0 Å². The van der Waals surface area contributed by atoms with Crippen molar-refractivity contribution in [3.63, 3.8) is 0 Å². The molecular formula is C17H23N3O6. The molecule has 0 bridgehead atoms. The monoisotopic (exact) mass is 365 g/mol. The first-order chi connectivity index (χ1) is 12.4. The van der Waals surface area contributed by atoms with Gasteiger partial charge in [-0.3, -0.25) is 14.5 Å². The van der Waals surface area contributed by atoms with Crippen LogP contribution in [0.3, 0.4) is 0 Å². The second-order valence-corrected chi connectivity index (χ2v) is 5.86. The largest absolute Gasteiger partial charge is 0.493 e. The number of nitrogens with zero attached hydrogens (tertiary/aromatic N) is 1. The number of hydrogen-bond acceptors (Lipinski definition) is 6. The molecule has 9 heteroatoms. The quantitative estimate of drug-likeness (QED) is 0.505. The Morgan fingerprint density at radius 3 is 2.50 bits per heavy atom. The van der Waals surface area contributed by atoms with Gasteiger partial charge in [0.1, 0.15) is 12.1 Å². The van der Waals surface area contributed by atoms with Gasteiger partial charge in [0.05, 0.1) is 20.8 Å². The number of methoxy groups -OCH3 is 3. The average molecular weight is 365 g/mol. The van der Waals surface area contributed by atoms with E-state index in [4.69, 9.17) is 14.2 Å². The molecule has 0 aromatic heterocycles. The van der Waals surface area contributed by atoms with Crippen molar-refractivity contribution in [2.75, 3.05) is 41.0 Å². The topological polar surface area (TPSA) is 106 Å². The van der Waals surface area contributed by atoms with Crippen LogP contribution < -0.4 is 20.1 Å². The predicted octanol–water partition coefficient (Wildman–Crippen LogP) is 0.233. The van der Waals surface area contributed by atoms with E-state index in [1.165, 1.54) is 21.3 Å². The van der Waals surface area contributed by atoms with E-state index >= 15 is 0 Å². The second kappa shape index (κ2) is 8.05. The van der Waals surface area contributed by atoms with Gasteiger partial charge in [-0.25, -0.2) is 4.79 Å². The minimum absolute atomic E-state index is 0.298. The third kappa shape index (κ3) is 3.72. The lowest BCUT2D eigenvalue weighted by molar-refractivity contribution is -0.134. The summed E-state index contributed by atoms with van der Waals surface area (Å²) in [6.07, 6.45) is 0. The summed E-state index contributed by atoms with van der Waals surface area (Å²) in [6, 6.07) is 4.31. The molecule has 142 valence electrons. The van der Waals surface area contributed by atoms with Crippen molar-refractivity contribution in [1.29, 1.82) is 0 Å². The van der Waals surface area contributed by atoms with Crippen molar-refractivity contribution in [1.82, 2.24) is 15.5 Å². The van der Waals surface area contributed by atoms with E-state index in [0.29, 0.717) is 30.2 Å². The molecule has 4 amide bonds. The van der Waals surface area contributed by atoms with Crippen LogP contribution in [-0.4, -0.2) is 63.8 Å². The number of hydrogen-bond donors (Lipinski definition) is 2. The molecule has 2 rings (SSSR count). The van der Waals surface area contributed by atoms with Crippen molar-refractivity contribution in [3.8, 4) is 11.5 Å². The maximum absolute atomic E-state index is 12.8. The van der Waals surface area contributed by atoms with Crippen LogP contribution in [0.2, 0.25) is 0 Å². The zero-order chi connectivity index (χ0) is 19.3. The van der Waals surface area contributed by atoms with Crippen LogP contribution in [0.25, 0.3) is 0 Å². The average Bonchev–Trinajstić information content (AvgIpc) is 2.85. The molecule has 9 nitrogen and oxygen atoms in total. The van der Waals surface area contributed by atoms with E-state index in [1.807, 2.05) is 0 Å². The molecule has 1 aliphatic heterocycles. The molecule has 1 unspecified atom stereocenters. The summed E-state index contributed by atoms with van der Waals surface area (Å²) in [4.78, 5) is 37.9. The molecule has 2 N–H and O–H groups in total. The Kier molecular flexibility index (Phi) is 6.04. The van der Waals surface area contributed by atoms with Gasteiger partial charge in [-0.15, -0.1) is 0 Å². The van der Waals surface area contributed by atoms with E-state index in [2.05, 4.69) is 10.6 Å².